The molecule has 0 radical (unpaired) electrons. The van der Waals surface area contributed by atoms with Crippen molar-refractivity contribution in [2.24, 2.45) is 0 Å². The SMILES string of the molecule is CCOC(=O)CCN1CCN(CCC(=O)OCC)CC1. The molecule has 0 bridgehead atoms. The van der Waals surface area contributed by atoms with Crippen molar-refractivity contribution in [2.75, 3.05) is 52.5 Å². The van der Waals surface area contributed by atoms with Crippen LogP contribution in [0, 0.1) is 0 Å². The molecule has 0 unspecified atom stereocenters. The Balaban J connectivity index is 2.10. The monoisotopic (exact) mass is 286 g/mol. The summed E-state index contributed by atoms with van der Waals surface area (Å²) in [7, 11) is 0. The first kappa shape index (κ1) is 16.9. The smallest absolute Gasteiger partial charge is 0.307 e. The molecule has 0 saturated carbocycles. The summed E-state index contributed by atoms with van der Waals surface area (Å²) in [5.74, 6) is -0.255. The summed E-state index contributed by atoms with van der Waals surface area (Å²) in [6.45, 7) is 9.77. The molecule has 0 aromatic rings. The number of carbonyl (C=O) groups excluding carboxylic acids is 2. The fraction of sp³-hybridized carbons (Fsp3) is 0.857. The van der Waals surface area contributed by atoms with Crippen LogP contribution in [0.15, 0.2) is 0 Å². The van der Waals surface area contributed by atoms with Gasteiger partial charge >= 0.3 is 11.9 Å². The third-order valence-electron chi connectivity index (χ3n) is 3.34. The van der Waals surface area contributed by atoms with E-state index >= 15 is 0 Å². The number of ether oxygens (including phenoxy) is 2. The molecule has 0 spiro atoms. The summed E-state index contributed by atoms with van der Waals surface area (Å²) in [6, 6.07) is 0. The van der Waals surface area contributed by atoms with Crippen LogP contribution >= 0.6 is 0 Å². The molecular weight excluding hydrogens is 260 g/mol. The number of piperazine rings is 1. The zero-order chi connectivity index (χ0) is 14.8. The highest BCUT2D eigenvalue weighted by atomic mass is 16.5. The van der Waals surface area contributed by atoms with Crippen molar-refractivity contribution < 1.29 is 19.1 Å². The van der Waals surface area contributed by atoms with Gasteiger partial charge in [0.15, 0.2) is 0 Å². The Morgan fingerprint density at radius 2 is 1.15 bits per heavy atom. The molecule has 1 aliphatic heterocycles. The van der Waals surface area contributed by atoms with Crippen molar-refractivity contribution in [1.29, 1.82) is 0 Å². The van der Waals surface area contributed by atoms with Gasteiger partial charge in [-0.2, -0.15) is 0 Å². The molecule has 0 amide bonds. The molecule has 20 heavy (non-hydrogen) atoms. The lowest BCUT2D eigenvalue weighted by Crippen LogP contribution is -2.47. The van der Waals surface area contributed by atoms with Gasteiger partial charge < -0.3 is 19.3 Å². The van der Waals surface area contributed by atoms with Gasteiger partial charge in [0.05, 0.1) is 26.1 Å². The lowest BCUT2D eigenvalue weighted by atomic mass is 10.2. The Morgan fingerprint density at radius 3 is 1.45 bits per heavy atom. The zero-order valence-electron chi connectivity index (χ0n) is 12.6. The molecule has 0 atom stereocenters. The van der Waals surface area contributed by atoms with Crippen molar-refractivity contribution in [1.82, 2.24) is 9.80 Å². The topological polar surface area (TPSA) is 59.1 Å². The van der Waals surface area contributed by atoms with E-state index in [-0.39, 0.29) is 11.9 Å². The summed E-state index contributed by atoms with van der Waals surface area (Å²) < 4.78 is 9.83. The molecule has 1 saturated heterocycles. The van der Waals surface area contributed by atoms with Gasteiger partial charge in [-0.25, -0.2) is 0 Å². The molecule has 6 heteroatoms. The van der Waals surface area contributed by atoms with Crippen molar-refractivity contribution in [3.8, 4) is 0 Å². The number of esters is 2. The Labute approximate surface area is 121 Å². The molecule has 1 heterocycles. The van der Waals surface area contributed by atoms with Crippen LogP contribution in [0.2, 0.25) is 0 Å². The third kappa shape index (κ3) is 6.86. The van der Waals surface area contributed by atoms with E-state index in [0.29, 0.717) is 26.1 Å². The minimum atomic E-state index is -0.128. The maximum atomic E-state index is 11.3. The van der Waals surface area contributed by atoms with Crippen LogP contribution in [0.3, 0.4) is 0 Å². The third-order valence-corrected chi connectivity index (χ3v) is 3.34. The Kier molecular flexibility index (Phi) is 8.22. The van der Waals surface area contributed by atoms with Gasteiger partial charge in [-0.3, -0.25) is 9.59 Å². The highest BCUT2D eigenvalue weighted by Gasteiger charge is 2.18. The van der Waals surface area contributed by atoms with Gasteiger partial charge in [-0.05, 0) is 13.8 Å². The number of carbonyl (C=O) groups is 2. The van der Waals surface area contributed by atoms with Crippen LogP contribution in [-0.2, 0) is 19.1 Å². The van der Waals surface area contributed by atoms with Gasteiger partial charge in [0.1, 0.15) is 0 Å². The molecule has 0 N–H and O–H groups in total. The number of nitrogens with zero attached hydrogens (tertiary/aromatic N) is 2. The first-order valence-corrected chi connectivity index (χ1v) is 7.41. The average Bonchev–Trinajstić information content (AvgIpc) is 2.45. The quantitative estimate of drug-likeness (QED) is 0.606. The van der Waals surface area contributed by atoms with Crippen LogP contribution in [0.5, 0.6) is 0 Å². The molecule has 1 aliphatic rings. The van der Waals surface area contributed by atoms with E-state index in [1.807, 2.05) is 13.8 Å². The molecule has 0 aliphatic carbocycles. The maximum absolute atomic E-state index is 11.3. The van der Waals surface area contributed by atoms with Gasteiger partial charge in [0.25, 0.3) is 0 Å². The van der Waals surface area contributed by atoms with E-state index in [4.69, 9.17) is 9.47 Å². The molecule has 116 valence electrons. The summed E-state index contributed by atoms with van der Waals surface area (Å²) in [5.41, 5.74) is 0. The fourth-order valence-corrected chi connectivity index (χ4v) is 2.20. The molecule has 0 aromatic heterocycles. The number of hydrogen-bond acceptors (Lipinski definition) is 6. The number of rotatable bonds is 8. The van der Waals surface area contributed by atoms with Crippen molar-refractivity contribution in [2.45, 2.75) is 26.7 Å². The van der Waals surface area contributed by atoms with Crippen LogP contribution in [0.25, 0.3) is 0 Å². The zero-order valence-corrected chi connectivity index (χ0v) is 12.6. The van der Waals surface area contributed by atoms with Gasteiger partial charge in [-0.1, -0.05) is 0 Å². The molecule has 1 fully saturated rings. The lowest BCUT2D eigenvalue weighted by Gasteiger charge is -2.34. The summed E-state index contributed by atoms with van der Waals surface area (Å²) >= 11 is 0. The first-order chi connectivity index (χ1) is 9.65. The van der Waals surface area contributed by atoms with Crippen LogP contribution in [0.1, 0.15) is 26.7 Å². The maximum Gasteiger partial charge on any atom is 0.307 e. The average molecular weight is 286 g/mol. The highest BCUT2D eigenvalue weighted by molar-refractivity contribution is 5.69. The Morgan fingerprint density at radius 1 is 0.800 bits per heavy atom. The van der Waals surface area contributed by atoms with E-state index in [0.717, 1.165) is 39.3 Å². The van der Waals surface area contributed by atoms with Crippen molar-refractivity contribution >= 4 is 11.9 Å². The Bertz CT molecular complexity index is 272. The Hall–Kier alpha value is -1.14. The second-order valence-electron chi connectivity index (χ2n) is 4.79. The largest absolute Gasteiger partial charge is 0.466 e. The highest BCUT2D eigenvalue weighted by Crippen LogP contribution is 2.04. The van der Waals surface area contributed by atoms with E-state index in [1.54, 1.807) is 0 Å². The summed E-state index contributed by atoms with van der Waals surface area (Å²) in [4.78, 5) is 27.1. The second kappa shape index (κ2) is 9.72. The summed E-state index contributed by atoms with van der Waals surface area (Å²) in [5, 5.41) is 0. The minimum absolute atomic E-state index is 0.128. The van der Waals surface area contributed by atoms with Crippen molar-refractivity contribution in [3.05, 3.63) is 0 Å². The predicted molar refractivity (Wildman–Crippen MR) is 75.4 cm³/mol. The number of hydrogen-bond donors (Lipinski definition) is 0. The lowest BCUT2D eigenvalue weighted by molar-refractivity contribution is -0.144. The predicted octanol–water partition coefficient (Wildman–Crippen LogP) is 0.510. The van der Waals surface area contributed by atoms with E-state index in [1.165, 1.54) is 0 Å². The second-order valence-corrected chi connectivity index (χ2v) is 4.79. The van der Waals surface area contributed by atoms with Crippen molar-refractivity contribution in [3.63, 3.8) is 0 Å². The standard InChI is InChI=1S/C14H26N2O4/c1-3-19-13(17)5-7-15-9-11-16(12-10-15)8-6-14(18)20-4-2/h3-12H2,1-2H3. The van der Waals surface area contributed by atoms with Crippen LogP contribution in [0.4, 0.5) is 0 Å². The molecular formula is C14H26N2O4. The molecule has 1 rings (SSSR count). The van der Waals surface area contributed by atoms with Gasteiger partial charge in [0, 0.05) is 39.3 Å². The van der Waals surface area contributed by atoms with Crippen LogP contribution < -0.4 is 0 Å². The van der Waals surface area contributed by atoms with E-state index < -0.39 is 0 Å². The van der Waals surface area contributed by atoms with E-state index in [2.05, 4.69) is 9.80 Å². The fourth-order valence-electron chi connectivity index (χ4n) is 2.20. The summed E-state index contributed by atoms with van der Waals surface area (Å²) in [6.07, 6.45) is 0.910. The van der Waals surface area contributed by atoms with Crippen LogP contribution in [-0.4, -0.2) is 74.2 Å². The van der Waals surface area contributed by atoms with E-state index in [9.17, 15) is 9.59 Å². The minimum Gasteiger partial charge on any atom is -0.466 e. The molecule has 6 nitrogen and oxygen atoms in total. The normalized spacial score (nSPS) is 16.9. The first-order valence-electron chi connectivity index (χ1n) is 7.41. The van der Waals surface area contributed by atoms with Gasteiger partial charge in [-0.15, -0.1) is 0 Å². The van der Waals surface area contributed by atoms with Gasteiger partial charge in [0.2, 0.25) is 0 Å². The molecule has 0 aromatic carbocycles.